The Bertz CT molecular complexity index is 264. The van der Waals surface area contributed by atoms with E-state index in [1.807, 2.05) is 0 Å². The molecule has 0 spiro atoms. The topological polar surface area (TPSA) is 41.7 Å². The second kappa shape index (κ2) is 5.87. The lowest BCUT2D eigenvalue weighted by Crippen LogP contribution is -2.62. The first-order valence-corrected chi connectivity index (χ1v) is 7.27. The van der Waals surface area contributed by atoms with Crippen LogP contribution in [0.4, 0.5) is 0 Å². The van der Waals surface area contributed by atoms with Crippen LogP contribution >= 0.6 is 0 Å². The van der Waals surface area contributed by atoms with Crippen LogP contribution in [0.2, 0.25) is 0 Å². The lowest BCUT2D eigenvalue weighted by molar-refractivity contribution is -0.0299. The minimum Gasteiger partial charge on any atom is -0.381 e. The van der Waals surface area contributed by atoms with E-state index in [-0.39, 0.29) is 5.54 Å². The highest BCUT2D eigenvalue weighted by atomic mass is 16.5. The van der Waals surface area contributed by atoms with Gasteiger partial charge in [-0.25, -0.2) is 0 Å². The lowest BCUT2D eigenvalue weighted by atomic mass is 9.89. The van der Waals surface area contributed by atoms with E-state index in [1.54, 1.807) is 0 Å². The maximum absolute atomic E-state index is 6.05. The van der Waals surface area contributed by atoms with Gasteiger partial charge in [0, 0.05) is 44.4 Å². The molecule has 2 saturated heterocycles. The number of ether oxygens (including phenoxy) is 1. The molecular formula is C14H29N3O. The lowest BCUT2D eigenvalue weighted by Gasteiger charge is -2.49. The molecule has 0 radical (unpaired) electrons. The highest BCUT2D eigenvalue weighted by Gasteiger charge is 2.36. The maximum Gasteiger partial charge on any atom is 0.0509 e. The fourth-order valence-corrected chi connectivity index (χ4v) is 3.27. The normalized spacial score (nSPS) is 32.3. The molecule has 4 heteroatoms. The van der Waals surface area contributed by atoms with Crippen molar-refractivity contribution >= 4 is 0 Å². The average molecular weight is 255 g/mol. The predicted octanol–water partition coefficient (Wildman–Crippen LogP) is 0.766. The molecule has 2 aliphatic heterocycles. The van der Waals surface area contributed by atoms with Crippen molar-refractivity contribution in [1.82, 2.24) is 9.80 Å². The zero-order valence-corrected chi connectivity index (χ0v) is 12.2. The molecule has 2 N–H and O–H groups in total. The third kappa shape index (κ3) is 3.05. The van der Waals surface area contributed by atoms with E-state index in [0.717, 1.165) is 39.4 Å². The number of hydrogen-bond donors (Lipinski definition) is 1. The van der Waals surface area contributed by atoms with E-state index in [2.05, 4.69) is 30.7 Å². The standard InChI is InChI=1S/C14H29N3O/c1-14(2)11-17(7-6-16(14)3)13(9-15)12-5-4-8-18-10-12/h12-13H,4-11,15H2,1-3H3. The van der Waals surface area contributed by atoms with Gasteiger partial charge in [0.05, 0.1) is 6.61 Å². The first kappa shape index (κ1) is 14.3. The van der Waals surface area contributed by atoms with Gasteiger partial charge in [0.1, 0.15) is 0 Å². The molecule has 2 atom stereocenters. The van der Waals surface area contributed by atoms with Gasteiger partial charge >= 0.3 is 0 Å². The molecule has 18 heavy (non-hydrogen) atoms. The highest BCUT2D eigenvalue weighted by molar-refractivity contribution is 4.93. The van der Waals surface area contributed by atoms with Gasteiger partial charge in [-0.15, -0.1) is 0 Å². The third-order valence-corrected chi connectivity index (χ3v) is 4.80. The summed E-state index contributed by atoms with van der Waals surface area (Å²) in [5, 5.41) is 0. The van der Waals surface area contributed by atoms with Crippen molar-refractivity contribution in [2.75, 3.05) is 46.4 Å². The summed E-state index contributed by atoms with van der Waals surface area (Å²) in [6, 6.07) is 0.498. The number of piperazine rings is 1. The van der Waals surface area contributed by atoms with E-state index in [9.17, 15) is 0 Å². The summed E-state index contributed by atoms with van der Waals surface area (Å²) in [6.45, 7) is 10.6. The fourth-order valence-electron chi connectivity index (χ4n) is 3.27. The second-order valence-electron chi connectivity index (χ2n) is 6.48. The molecule has 0 bridgehead atoms. The van der Waals surface area contributed by atoms with Crippen LogP contribution in [0.15, 0.2) is 0 Å². The summed E-state index contributed by atoms with van der Waals surface area (Å²) < 4.78 is 5.64. The van der Waals surface area contributed by atoms with Crippen LogP contribution in [-0.4, -0.2) is 67.8 Å². The molecule has 0 aromatic carbocycles. The summed E-state index contributed by atoms with van der Waals surface area (Å²) in [6.07, 6.45) is 2.47. The van der Waals surface area contributed by atoms with Crippen LogP contribution in [-0.2, 0) is 4.74 Å². The van der Waals surface area contributed by atoms with Crippen molar-refractivity contribution in [3.63, 3.8) is 0 Å². The van der Waals surface area contributed by atoms with Gasteiger partial charge in [-0.3, -0.25) is 9.80 Å². The van der Waals surface area contributed by atoms with Crippen molar-refractivity contribution < 1.29 is 4.74 Å². The minimum atomic E-state index is 0.251. The number of hydrogen-bond acceptors (Lipinski definition) is 4. The molecule has 2 unspecified atom stereocenters. The molecule has 2 fully saturated rings. The van der Waals surface area contributed by atoms with Crippen molar-refractivity contribution in [3.8, 4) is 0 Å². The third-order valence-electron chi connectivity index (χ3n) is 4.80. The summed E-state index contributed by atoms with van der Waals surface area (Å²) in [4.78, 5) is 5.05. The molecule has 2 rings (SSSR count). The molecule has 4 nitrogen and oxygen atoms in total. The van der Waals surface area contributed by atoms with Gasteiger partial charge in [-0.05, 0) is 39.7 Å². The SMILES string of the molecule is CN1CCN(C(CN)C2CCCOC2)CC1(C)C. The Kier molecular flexibility index (Phi) is 4.64. The molecule has 2 heterocycles. The average Bonchev–Trinajstić information content (AvgIpc) is 2.36. The van der Waals surface area contributed by atoms with Crippen LogP contribution in [0.1, 0.15) is 26.7 Å². The van der Waals surface area contributed by atoms with Crippen molar-refractivity contribution in [1.29, 1.82) is 0 Å². The van der Waals surface area contributed by atoms with Gasteiger partial charge in [-0.2, -0.15) is 0 Å². The first-order chi connectivity index (χ1) is 8.54. The summed E-state index contributed by atoms with van der Waals surface area (Å²) in [5.41, 5.74) is 6.30. The largest absolute Gasteiger partial charge is 0.381 e. The van der Waals surface area contributed by atoms with E-state index < -0.39 is 0 Å². The maximum atomic E-state index is 6.05. The number of rotatable bonds is 3. The number of likely N-dealkylation sites (N-methyl/N-ethyl adjacent to an activating group) is 1. The number of nitrogens with zero attached hydrogens (tertiary/aromatic N) is 2. The van der Waals surface area contributed by atoms with Crippen LogP contribution in [0.5, 0.6) is 0 Å². The van der Waals surface area contributed by atoms with Gasteiger partial charge in [0.2, 0.25) is 0 Å². The van der Waals surface area contributed by atoms with Crippen LogP contribution in [0.3, 0.4) is 0 Å². The highest BCUT2D eigenvalue weighted by Crippen LogP contribution is 2.26. The predicted molar refractivity (Wildman–Crippen MR) is 74.7 cm³/mol. The second-order valence-corrected chi connectivity index (χ2v) is 6.48. The van der Waals surface area contributed by atoms with Gasteiger partial charge in [0.25, 0.3) is 0 Å². The molecule has 106 valence electrons. The quantitative estimate of drug-likeness (QED) is 0.809. The van der Waals surface area contributed by atoms with E-state index in [4.69, 9.17) is 10.5 Å². The zero-order chi connectivity index (χ0) is 13.2. The molecule has 0 aliphatic carbocycles. The molecule has 0 aromatic rings. The molecular weight excluding hydrogens is 226 g/mol. The van der Waals surface area contributed by atoms with E-state index >= 15 is 0 Å². The molecule has 0 aromatic heterocycles. The monoisotopic (exact) mass is 255 g/mol. The molecule has 2 aliphatic rings. The Morgan fingerprint density at radius 2 is 2.17 bits per heavy atom. The number of nitrogens with two attached hydrogens (primary N) is 1. The Labute approximate surface area is 111 Å². The van der Waals surface area contributed by atoms with Crippen molar-refractivity contribution in [2.24, 2.45) is 11.7 Å². The van der Waals surface area contributed by atoms with Crippen molar-refractivity contribution in [2.45, 2.75) is 38.3 Å². The molecule has 0 saturated carbocycles. The van der Waals surface area contributed by atoms with Crippen molar-refractivity contribution in [3.05, 3.63) is 0 Å². The Balaban J connectivity index is 1.99. The van der Waals surface area contributed by atoms with Gasteiger partial charge in [-0.1, -0.05) is 0 Å². The molecule has 0 amide bonds. The summed E-state index contributed by atoms with van der Waals surface area (Å²) >= 11 is 0. The van der Waals surface area contributed by atoms with Gasteiger partial charge in [0.15, 0.2) is 0 Å². The minimum absolute atomic E-state index is 0.251. The Morgan fingerprint density at radius 1 is 1.39 bits per heavy atom. The Morgan fingerprint density at radius 3 is 2.72 bits per heavy atom. The van der Waals surface area contributed by atoms with E-state index in [0.29, 0.717) is 12.0 Å². The zero-order valence-electron chi connectivity index (χ0n) is 12.2. The summed E-state index contributed by atoms with van der Waals surface area (Å²) in [5.74, 6) is 0.628. The smallest absolute Gasteiger partial charge is 0.0509 e. The fraction of sp³-hybridized carbons (Fsp3) is 1.00. The Hall–Kier alpha value is -0.160. The van der Waals surface area contributed by atoms with Gasteiger partial charge < -0.3 is 10.5 Å². The van der Waals surface area contributed by atoms with Crippen LogP contribution < -0.4 is 5.73 Å². The van der Waals surface area contributed by atoms with Crippen LogP contribution in [0, 0.1) is 5.92 Å². The first-order valence-electron chi connectivity index (χ1n) is 7.27. The summed E-state index contributed by atoms with van der Waals surface area (Å²) in [7, 11) is 2.22. The van der Waals surface area contributed by atoms with E-state index in [1.165, 1.54) is 12.8 Å². The van der Waals surface area contributed by atoms with Crippen LogP contribution in [0.25, 0.3) is 0 Å².